The van der Waals surface area contributed by atoms with Crippen LogP contribution < -0.4 is 11.3 Å². The molecular weight excluding hydrogens is 230 g/mol. The topological polar surface area (TPSA) is 59.8 Å². The van der Waals surface area contributed by atoms with Gasteiger partial charge in [0, 0.05) is 12.6 Å². The van der Waals surface area contributed by atoms with Crippen molar-refractivity contribution in [2.45, 2.75) is 43.9 Å². The molecule has 5 nitrogen and oxygen atoms in total. The molecule has 3 rings (SSSR count). The van der Waals surface area contributed by atoms with Crippen molar-refractivity contribution < 1.29 is 9.47 Å². The van der Waals surface area contributed by atoms with Crippen molar-refractivity contribution in [3.8, 4) is 0 Å². The van der Waals surface area contributed by atoms with Crippen LogP contribution in [0.5, 0.6) is 0 Å². The molecule has 0 saturated carbocycles. The molecule has 0 aliphatic carbocycles. The van der Waals surface area contributed by atoms with Gasteiger partial charge < -0.3 is 9.47 Å². The van der Waals surface area contributed by atoms with Crippen molar-refractivity contribution in [2.75, 3.05) is 26.3 Å². The second kappa shape index (κ2) is 5.57. The Kier molecular flexibility index (Phi) is 3.84. The molecule has 3 aliphatic heterocycles. The maximum Gasteiger partial charge on any atom is 0.113 e. The Hall–Kier alpha value is -0.620. The molecule has 0 aromatic carbocycles. The van der Waals surface area contributed by atoms with Crippen molar-refractivity contribution in [1.82, 2.24) is 10.3 Å². The highest BCUT2D eigenvalue weighted by atomic mass is 16.5. The highest BCUT2D eigenvalue weighted by Crippen LogP contribution is 2.26. The van der Waals surface area contributed by atoms with Gasteiger partial charge >= 0.3 is 0 Å². The smallest absolute Gasteiger partial charge is 0.113 e. The second-order valence-electron chi connectivity index (χ2n) is 5.40. The lowest BCUT2D eigenvalue weighted by Crippen LogP contribution is -2.56. The van der Waals surface area contributed by atoms with Gasteiger partial charge in [0.2, 0.25) is 0 Å². The Morgan fingerprint density at radius 1 is 1.44 bits per heavy atom. The molecule has 5 heteroatoms. The fourth-order valence-electron chi connectivity index (χ4n) is 3.21. The standard InChI is InChI=1S/C13H23N3O2/c14-15-13(11-5-1-2-7-17-11)12-8-16-6-3-4-10(16)9-18-12/h5,10,12-13,15H,1-4,6-9,14H2. The number of fused-ring (bicyclic) bond motifs is 1. The van der Waals surface area contributed by atoms with Gasteiger partial charge in [-0.15, -0.1) is 0 Å². The fraction of sp³-hybridized carbons (Fsp3) is 0.846. The summed E-state index contributed by atoms with van der Waals surface area (Å²) in [7, 11) is 0. The van der Waals surface area contributed by atoms with Crippen molar-refractivity contribution in [3.05, 3.63) is 11.8 Å². The number of ether oxygens (including phenoxy) is 2. The van der Waals surface area contributed by atoms with Gasteiger partial charge in [-0.05, 0) is 38.3 Å². The van der Waals surface area contributed by atoms with E-state index in [1.54, 1.807) is 0 Å². The van der Waals surface area contributed by atoms with Gasteiger partial charge in [0.25, 0.3) is 0 Å². The van der Waals surface area contributed by atoms with E-state index in [2.05, 4.69) is 16.4 Å². The molecule has 18 heavy (non-hydrogen) atoms. The Morgan fingerprint density at radius 2 is 2.39 bits per heavy atom. The summed E-state index contributed by atoms with van der Waals surface area (Å²) in [6.07, 6.45) is 6.99. The van der Waals surface area contributed by atoms with E-state index in [-0.39, 0.29) is 12.1 Å². The van der Waals surface area contributed by atoms with E-state index >= 15 is 0 Å². The summed E-state index contributed by atoms with van der Waals surface area (Å²) in [5.74, 6) is 6.67. The molecular formula is C13H23N3O2. The summed E-state index contributed by atoms with van der Waals surface area (Å²) < 4.78 is 11.7. The number of nitrogens with zero attached hydrogens (tertiary/aromatic N) is 1. The highest BCUT2D eigenvalue weighted by molar-refractivity contribution is 5.09. The number of hydrogen-bond acceptors (Lipinski definition) is 5. The first-order valence-corrected chi connectivity index (χ1v) is 7.03. The zero-order valence-electron chi connectivity index (χ0n) is 10.8. The van der Waals surface area contributed by atoms with Gasteiger partial charge in [-0.25, -0.2) is 5.43 Å². The lowest BCUT2D eigenvalue weighted by Gasteiger charge is -2.39. The third-order valence-electron chi connectivity index (χ3n) is 4.24. The Bertz CT molecular complexity index is 321. The Morgan fingerprint density at radius 3 is 3.17 bits per heavy atom. The molecule has 0 aromatic heterocycles. The van der Waals surface area contributed by atoms with Gasteiger partial charge in [-0.3, -0.25) is 10.7 Å². The van der Waals surface area contributed by atoms with E-state index in [0.717, 1.165) is 38.4 Å². The van der Waals surface area contributed by atoms with Crippen LogP contribution in [0.15, 0.2) is 11.8 Å². The minimum atomic E-state index is -0.00755. The van der Waals surface area contributed by atoms with Crippen LogP contribution in [0.1, 0.15) is 25.7 Å². The van der Waals surface area contributed by atoms with E-state index < -0.39 is 0 Å². The summed E-state index contributed by atoms with van der Waals surface area (Å²) >= 11 is 0. The van der Waals surface area contributed by atoms with Gasteiger partial charge in [-0.1, -0.05) is 0 Å². The lowest BCUT2D eigenvalue weighted by molar-refractivity contribution is -0.0670. The molecule has 0 aromatic rings. The summed E-state index contributed by atoms with van der Waals surface area (Å²) in [6.45, 7) is 3.78. The molecule has 2 fully saturated rings. The fourth-order valence-corrected chi connectivity index (χ4v) is 3.21. The summed E-state index contributed by atoms with van der Waals surface area (Å²) in [4.78, 5) is 2.53. The van der Waals surface area contributed by atoms with Gasteiger partial charge in [0.1, 0.15) is 11.8 Å². The number of morpholine rings is 1. The van der Waals surface area contributed by atoms with Crippen LogP contribution in [0.4, 0.5) is 0 Å². The Balaban J connectivity index is 1.66. The van der Waals surface area contributed by atoms with Crippen LogP contribution >= 0.6 is 0 Å². The monoisotopic (exact) mass is 253 g/mol. The van der Waals surface area contributed by atoms with Crippen LogP contribution in [0.2, 0.25) is 0 Å². The minimum absolute atomic E-state index is 0.00755. The van der Waals surface area contributed by atoms with Crippen LogP contribution in [0, 0.1) is 0 Å². The number of hydrazine groups is 1. The first-order chi connectivity index (χ1) is 8.88. The van der Waals surface area contributed by atoms with Crippen LogP contribution in [0.3, 0.4) is 0 Å². The van der Waals surface area contributed by atoms with Gasteiger partial charge in [-0.2, -0.15) is 0 Å². The second-order valence-corrected chi connectivity index (χ2v) is 5.40. The van der Waals surface area contributed by atoms with E-state index in [1.807, 2.05) is 0 Å². The predicted molar refractivity (Wildman–Crippen MR) is 68.7 cm³/mol. The summed E-state index contributed by atoms with van der Waals surface area (Å²) in [5.41, 5.74) is 2.88. The molecule has 102 valence electrons. The zero-order valence-corrected chi connectivity index (χ0v) is 10.8. The van der Waals surface area contributed by atoms with Gasteiger partial charge in [0.05, 0.1) is 19.3 Å². The number of hydrogen-bond donors (Lipinski definition) is 2. The molecule has 0 bridgehead atoms. The van der Waals surface area contributed by atoms with Crippen LogP contribution in [-0.2, 0) is 9.47 Å². The SMILES string of the molecule is NNC(C1=CCCCO1)C1CN2CCCC2CO1. The maximum absolute atomic E-state index is 5.99. The van der Waals surface area contributed by atoms with Gasteiger partial charge in [0.15, 0.2) is 0 Å². The predicted octanol–water partition coefficient (Wildman–Crippen LogP) is 0.376. The number of nitrogens with two attached hydrogens (primary N) is 1. The van der Waals surface area contributed by atoms with E-state index in [9.17, 15) is 0 Å². The zero-order chi connectivity index (χ0) is 12.4. The molecule has 0 amide bonds. The maximum atomic E-state index is 5.99. The van der Waals surface area contributed by atoms with Crippen LogP contribution in [0.25, 0.3) is 0 Å². The third-order valence-corrected chi connectivity index (χ3v) is 4.24. The number of nitrogens with one attached hydrogen (secondary N) is 1. The normalized spacial score (nSPS) is 34.6. The van der Waals surface area contributed by atoms with E-state index in [1.165, 1.54) is 19.4 Å². The quantitative estimate of drug-likeness (QED) is 0.562. The van der Waals surface area contributed by atoms with Crippen molar-refractivity contribution in [3.63, 3.8) is 0 Å². The molecule has 3 unspecified atom stereocenters. The van der Waals surface area contributed by atoms with E-state index in [0.29, 0.717) is 6.04 Å². The van der Waals surface area contributed by atoms with Crippen molar-refractivity contribution in [1.29, 1.82) is 0 Å². The van der Waals surface area contributed by atoms with Crippen molar-refractivity contribution >= 4 is 0 Å². The average Bonchev–Trinajstić information content (AvgIpc) is 2.88. The molecule has 0 radical (unpaired) electrons. The summed E-state index contributed by atoms with van der Waals surface area (Å²) in [5, 5.41) is 0. The minimum Gasteiger partial charge on any atom is -0.496 e. The first-order valence-electron chi connectivity index (χ1n) is 7.03. The first kappa shape index (κ1) is 12.4. The molecule has 3 N–H and O–H groups in total. The molecule has 3 heterocycles. The number of allylic oxidation sites excluding steroid dienone is 1. The summed E-state index contributed by atoms with van der Waals surface area (Å²) in [6, 6.07) is 0.618. The molecule has 3 atom stereocenters. The Labute approximate surface area is 108 Å². The molecule has 2 saturated heterocycles. The van der Waals surface area contributed by atoms with Crippen molar-refractivity contribution in [2.24, 2.45) is 5.84 Å². The van der Waals surface area contributed by atoms with E-state index in [4.69, 9.17) is 15.3 Å². The lowest BCUT2D eigenvalue weighted by atomic mass is 10.0. The average molecular weight is 253 g/mol. The third kappa shape index (κ3) is 2.40. The number of rotatable bonds is 3. The highest BCUT2D eigenvalue weighted by Gasteiger charge is 2.37. The molecule has 0 spiro atoms. The van der Waals surface area contributed by atoms with Crippen LogP contribution in [-0.4, -0.2) is 49.4 Å². The largest absolute Gasteiger partial charge is 0.496 e. The molecule has 3 aliphatic rings.